The van der Waals surface area contributed by atoms with Crippen molar-refractivity contribution in [1.82, 2.24) is 10.2 Å². The van der Waals surface area contributed by atoms with Crippen molar-refractivity contribution in [2.24, 2.45) is 0 Å². The fourth-order valence-corrected chi connectivity index (χ4v) is 2.77. The number of nitrogens with zero attached hydrogens (tertiary/aromatic N) is 2. The van der Waals surface area contributed by atoms with Crippen LogP contribution in [-0.4, -0.2) is 67.7 Å². The van der Waals surface area contributed by atoms with E-state index in [1.165, 1.54) is 6.07 Å². The molecule has 0 unspecified atom stereocenters. The molecule has 9 nitrogen and oxygen atoms in total. The maximum absolute atomic E-state index is 12.3. The van der Waals surface area contributed by atoms with Crippen LogP contribution in [0.5, 0.6) is 0 Å². The van der Waals surface area contributed by atoms with E-state index in [0.29, 0.717) is 6.54 Å². The summed E-state index contributed by atoms with van der Waals surface area (Å²) in [6.07, 6.45) is 1.73. The third kappa shape index (κ3) is 6.61. The van der Waals surface area contributed by atoms with E-state index in [1.807, 2.05) is 0 Å². The van der Waals surface area contributed by atoms with E-state index in [0.717, 1.165) is 57.8 Å². The highest BCUT2D eigenvalue weighted by Crippen LogP contribution is 2.18. The Balaban J connectivity index is 1.88. The molecule has 0 atom stereocenters. The second-order valence-electron chi connectivity index (χ2n) is 6.16. The van der Waals surface area contributed by atoms with Gasteiger partial charge < -0.3 is 14.8 Å². The van der Waals surface area contributed by atoms with Crippen molar-refractivity contribution < 1.29 is 24.0 Å². The average Bonchev–Trinajstić information content (AvgIpc) is 2.68. The van der Waals surface area contributed by atoms with E-state index in [-0.39, 0.29) is 23.4 Å². The summed E-state index contributed by atoms with van der Waals surface area (Å²) in [7, 11) is 0. The molecule has 0 radical (unpaired) electrons. The highest BCUT2D eigenvalue weighted by Gasteiger charge is 2.18. The van der Waals surface area contributed by atoms with Gasteiger partial charge in [-0.25, -0.2) is 4.79 Å². The molecule has 0 aromatic heterocycles. The molecular formula is C18H25N3O6. The topological polar surface area (TPSA) is 111 Å². The fourth-order valence-electron chi connectivity index (χ4n) is 2.77. The number of non-ortho nitro benzene ring substituents is 1. The summed E-state index contributed by atoms with van der Waals surface area (Å²) in [5, 5.41) is 13.8. The van der Waals surface area contributed by atoms with Crippen LogP contribution >= 0.6 is 0 Å². The minimum Gasteiger partial charge on any atom is -0.462 e. The molecule has 9 heteroatoms. The molecule has 0 spiro atoms. The molecule has 1 aliphatic rings. The van der Waals surface area contributed by atoms with Crippen LogP contribution in [0.2, 0.25) is 0 Å². The Hall–Kier alpha value is -2.52. The molecule has 1 saturated heterocycles. The zero-order chi connectivity index (χ0) is 19.6. The number of nitro groups is 1. The number of carbonyl (C=O) groups is 2. The molecule has 148 valence electrons. The minimum atomic E-state index is -0.694. The van der Waals surface area contributed by atoms with Gasteiger partial charge in [0.1, 0.15) is 0 Å². The van der Waals surface area contributed by atoms with Gasteiger partial charge in [-0.3, -0.25) is 19.8 Å². The van der Waals surface area contributed by atoms with Gasteiger partial charge in [0.05, 0.1) is 30.3 Å². The van der Waals surface area contributed by atoms with Crippen LogP contribution in [0.15, 0.2) is 18.2 Å². The SMILES string of the molecule is CCOC(=O)c1cc(C(=O)NCCCCN2CCOCC2)cc([N+](=O)[O-])c1. The first-order valence-corrected chi connectivity index (χ1v) is 9.06. The number of amides is 1. The molecule has 1 aliphatic heterocycles. The monoisotopic (exact) mass is 379 g/mol. The van der Waals surface area contributed by atoms with Gasteiger partial charge in [-0.2, -0.15) is 0 Å². The second-order valence-corrected chi connectivity index (χ2v) is 6.16. The lowest BCUT2D eigenvalue weighted by molar-refractivity contribution is -0.384. The smallest absolute Gasteiger partial charge is 0.338 e. The Morgan fingerprint density at radius 1 is 1.22 bits per heavy atom. The standard InChI is InChI=1S/C18H25N3O6/c1-2-27-18(23)15-11-14(12-16(13-15)21(24)25)17(22)19-5-3-4-6-20-7-9-26-10-8-20/h11-13H,2-10H2,1H3,(H,19,22). The number of nitrogens with one attached hydrogen (secondary N) is 1. The largest absolute Gasteiger partial charge is 0.462 e. The number of nitro benzene ring substituents is 1. The van der Waals surface area contributed by atoms with Crippen LogP contribution in [0, 0.1) is 10.1 Å². The lowest BCUT2D eigenvalue weighted by atomic mass is 10.1. The number of esters is 1. The molecule has 27 heavy (non-hydrogen) atoms. The van der Waals surface area contributed by atoms with Gasteiger partial charge in [0.2, 0.25) is 0 Å². The van der Waals surface area contributed by atoms with Gasteiger partial charge in [0.25, 0.3) is 11.6 Å². The summed E-state index contributed by atoms with van der Waals surface area (Å²) in [4.78, 5) is 36.9. The highest BCUT2D eigenvalue weighted by atomic mass is 16.6. The van der Waals surface area contributed by atoms with Crippen LogP contribution in [0.4, 0.5) is 5.69 Å². The molecule has 1 heterocycles. The van der Waals surface area contributed by atoms with E-state index in [2.05, 4.69) is 10.2 Å². The van der Waals surface area contributed by atoms with Crippen molar-refractivity contribution in [3.63, 3.8) is 0 Å². The normalized spacial score (nSPS) is 14.6. The molecule has 1 amide bonds. The Morgan fingerprint density at radius 2 is 1.93 bits per heavy atom. The summed E-state index contributed by atoms with van der Waals surface area (Å²) >= 11 is 0. The van der Waals surface area contributed by atoms with Gasteiger partial charge >= 0.3 is 5.97 Å². The van der Waals surface area contributed by atoms with Gasteiger partial charge in [-0.15, -0.1) is 0 Å². The fraction of sp³-hybridized carbons (Fsp3) is 0.556. The summed E-state index contributed by atoms with van der Waals surface area (Å²) in [5.41, 5.74) is -0.262. The molecule has 2 rings (SSSR count). The highest BCUT2D eigenvalue weighted by molar-refractivity contribution is 5.98. The van der Waals surface area contributed by atoms with Crippen LogP contribution in [0.1, 0.15) is 40.5 Å². The van der Waals surface area contributed by atoms with Crippen molar-refractivity contribution in [2.75, 3.05) is 46.0 Å². The summed E-state index contributed by atoms with van der Waals surface area (Å²) in [5.74, 6) is -1.14. The van der Waals surface area contributed by atoms with E-state index < -0.39 is 16.8 Å². The summed E-state index contributed by atoms with van der Waals surface area (Å²) in [6, 6.07) is 3.58. The maximum atomic E-state index is 12.3. The average molecular weight is 379 g/mol. The van der Waals surface area contributed by atoms with Gasteiger partial charge in [-0.1, -0.05) is 0 Å². The van der Waals surface area contributed by atoms with Crippen molar-refractivity contribution in [1.29, 1.82) is 0 Å². The Morgan fingerprint density at radius 3 is 2.59 bits per heavy atom. The summed E-state index contributed by atoms with van der Waals surface area (Å²) < 4.78 is 10.2. The summed E-state index contributed by atoms with van der Waals surface area (Å²) in [6.45, 7) is 6.56. The van der Waals surface area contributed by atoms with Crippen LogP contribution < -0.4 is 5.32 Å². The van der Waals surface area contributed by atoms with E-state index in [1.54, 1.807) is 6.92 Å². The van der Waals surface area contributed by atoms with Crippen molar-refractivity contribution in [3.05, 3.63) is 39.4 Å². The second kappa shape index (κ2) is 10.6. The van der Waals surface area contributed by atoms with E-state index in [9.17, 15) is 19.7 Å². The first kappa shape index (κ1) is 20.8. The molecule has 1 aromatic rings. The minimum absolute atomic E-state index is 0.0106. The van der Waals surface area contributed by atoms with Crippen LogP contribution in [-0.2, 0) is 9.47 Å². The third-order valence-electron chi connectivity index (χ3n) is 4.19. The van der Waals surface area contributed by atoms with Crippen LogP contribution in [0.3, 0.4) is 0 Å². The van der Waals surface area contributed by atoms with Gasteiger partial charge in [0.15, 0.2) is 0 Å². The lowest BCUT2D eigenvalue weighted by Gasteiger charge is -2.26. The number of carbonyl (C=O) groups excluding carboxylic acids is 2. The van der Waals surface area contributed by atoms with E-state index >= 15 is 0 Å². The molecule has 0 saturated carbocycles. The Bertz CT molecular complexity index is 673. The first-order chi connectivity index (χ1) is 13.0. The number of morpholine rings is 1. The number of unbranched alkanes of at least 4 members (excludes halogenated alkanes) is 1. The van der Waals surface area contributed by atoms with Crippen LogP contribution in [0.25, 0.3) is 0 Å². The molecular weight excluding hydrogens is 354 g/mol. The lowest BCUT2D eigenvalue weighted by Crippen LogP contribution is -2.37. The zero-order valence-corrected chi connectivity index (χ0v) is 15.4. The molecule has 1 N–H and O–H groups in total. The Labute approximate surface area is 157 Å². The number of benzene rings is 1. The predicted octanol–water partition coefficient (Wildman–Crippen LogP) is 1.61. The predicted molar refractivity (Wildman–Crippen MR) is 97.9 cm³/mol. The quantitative estimate of drug-likeness (QED) is 0.300. The molecule has 1 aromatic carbocycles. The van der Waals surface area contributed by atoms with Crippen molar-refractivity contribution >= 4 is 17.6 Å². The Kier molecular flexibility index (Phi) is 8.15. The van der Waals surface area contributed by atoms with Crippen molar-refractivity contribution in [2.45, 2.75) is 19.8 Å². The van der Waals surface area contributed by atoms with Crippen molar-refractivity contribution in [3.8, 4) is 0 Å². The number of hydrogen-bond acceptors (Lipinski definition) is 7. The number of ether oxygens (including phenoxy) is 2. The maximum Gasteiger partial charge on any atom is 0.338 e. The molecule has 0 aliphatic carbocycles. The number of rotatable bonds is 9. The first-order valence-electron chi connectivity index (χ1n) is 9.06. The molecule has 0 bridgehead atoms. The van der Waals surface area contributed by atoms with E-state index in [4.69, 9.17) is 9.47 Å². The van der Waals surface area contributed by atoms with Gasteiger partial charge in [-0.05, 0) is 32.4 Å². The number of hydrogen-bond donors (Lipinski definition) is 1. The molecule has 1 fully saturated rings. The van der Waals surface area contributed by atoms with Gasteiger partial charge in [0, 0.05) is 37.3 Å². The zero-order valence-electron chi connectivity index (χ0n) is 15.4. The third-order valence-corrected chi connectivity index (χ3v) is 4.19.